The van der Waals surface area contributed by atoms with Gasteiger partial charge in [0.25, 0.3) is 11.8 Å². The fraction of sp³-hybridized carbons (Fsp3) is 0.280. The number of halogens is 6. The van der Waals surface area contributed by atoms with Gasteiger partial charge in [0.15, 0.2) is 11.6 Å². The molecule has 1 unspecified atom stereocenters. The molecule has 0 radical (unpaired) electrons. The fourth-order valence-corrected chi connectivity index (χ4v) is 4.66. The molecule has 3 aromatic rings. The van der Waals surface area contributed by atoms with Crippen molar-refractivity contribution in [1.29, 1.82) is 0 Å². The lowest BCUT2D eigenvalue weighted by Crippen LogP contribution is -2.43. The number of anilines is 1. The van der Waals surface area contributed by atoms with Crippen LogP contribution in [0.2, 0.25) is 5.02 Å². The van der Waals surface area contributed by atoms with Crippen LogP contribution in [0.1, 0.15) is 63.6 Å². The Kier molecular flexibility index (Phi) is 7.04. The van der Waals surface area contributed by atoms with Gasteiger partial charge in [-0.1, -0.05) is 18.5 Å². The monoisotopic (exact) mass is 554 g/mol. The van der Waals surface area contributed by atoms with Crippen LogP contribution in [0.15, 0.2) is 36.4 Å². The van der Waals surface area contributed by atoms with Crippen molar-refractivity contribution in [1.82, 2.24) is 14.5 Å². The lowest BCUT2D eigenvalue weighted by Gasteiger charge is -2.32. The molecule has 2 atom stereocenters. The number of ketones is 1. The van der Waals surface area contributed by atoms with Crippen molar-refractivity contribution in [3.05, 3.63) is 81.3 Å². The van der Waals surface area contributed by atoms with E-state index in [0.29, 0.717) is 12.1 Å². The van der Waals surface area contributed by atoms with Crippen molar-refractivity contribution in [3.8, 4) is 0 Å². The van der Waals surface area contributed by atoms with E-state index < -0.39 is 52.7 Å². The number of benzene rings is 2. The molecule has 1 N–H and O–H groups in total. The summed E-state index contributed by atoms with van der Waals surface area (Å²) in [5, 5.41) is 2.49. The normalized spacial score (nSPS) is 16.3. The predicted octanol–water partition coefficient (Wildman–Crippen LogP) is 5.45. The van der Waals surface area contributed by atoms with E-state index in [4.69, 9.17) is 11.6 Å². The first-order valence-electron chi connectivity index (χ1n) is 11.2. The molecular weight excluding hydrogens is 535 g/mol. The highest BCUT2D eigenvalue weighted by Crippen LogP contribution is 2.39. The Morgan fingerprint density at radius 2 is 1.82 bits per heavy atom. The summed E-state index contributed by atoms with van der Waals surface area (Å²) in [5.41, 5.74) is -1.70. The van der Waals surface area contributed by atoms with Gasteiger partial charge in [0.05, 0.1) is 11.3 Å². The Bertz CT molecular complexity index is 1470. The van der Waals surface area contributed by atoms with Crippen LogP contribution < -0.4 is 5.32 Å². The van der Waals surface area contributed by atoms with Gasteiger partial charge in [-0.2, -0.15) is 13.2 Å². The summed E-state index contributed by atoms with van der Waals surface area (Å²) in [6.45, 7) is 2.84. The largest absolute Gasteiger partial charge is 0.416 e. The number of hydrogen-bond acceptors (Lipinski definition) is 4. The maximum Gasteiger partial charge on any atom is 0.416 e. The molecule has 0 bridgehead atoms. The molecule has 2 aromatic carbocycles. The average molecular weight is 555 g/mol. The molecule has 1 aliphatic heterocycles. The number of nitrogens with zero attached hydrogens (tertiary/aromatic N) is 3. The summed E-state index contributed by atoms with van der Waals surface area (Å²) >= 11 is 6.30. The highest BCUT2D eigenvalue weighted by Gasteiger charge is 2.39. The summed E-state index contributed by atoms with van der Waals surface area (Å²) in [7, 11) is 1.45. The van der Waals surface area contributed by atoms with E-state index in [-0.39, 0.29) is 46.3 Å². The number of Topliss-reactive ketones (excluding diaryl/α,β-unsaturated/α-hetero) is 1. The van der Waals surface area contributed by atoms with Crippen LogP contribution >= 0.6 is 11.6 Å². The zero-order chi connectivity index (χ0) is 28.1. The summed E-state index contributed by atoms with van der Waals surface area (Å²) in [6.07, 6.45) is -4.91. The summed E-state index contributed by atoms with van der Waals surface area (Å²) in [6, 6.07) is 3.98. The number of nitrogens with one attached hydrogen (secondary N) is 1. The second-order valence-corrected chi connectivity index (χ2v) is 9.33. The molecule has 4 rings (SSSR count). The van der Waals surface area contributed by atoms with Crippen molar-refractivity contribution in [2.24, 2.45) is 0 Å². The van der Waals surface area contributed by atoms with E-state index in [1.165, 1.54) is 29.5 Å². The van der Waals surface area contributed by atoms with Crippen molar-refractivity contribution in [3.63, 3.8) is 0 Å². The standard InChI is InChI=1S/C25H20ClF5N4O3/c1-11(17-9-15(27)4-5-18(17)26)20-21(32-22-24(38)34(3)10-19(12(2)36)35(20)22)33-23(37)13-6-14(25(29,30)31)8-16(28)7-13/h4-9,11,19H,10H2,1-3H3,(H,33,37)/t11-,19?/m0/s1. The van der Waals surface area contributed by atoms with E-state index in [1.54, 1.807) is 6.92 Å². The third-order valence-corrected chi connectivity index (χ3v) is 6.61. The molecule has 13 heteroatoms. The molecule has 38 heavy (non-hydrogen) atoms. The minimum absolute atomic E-state index is 0.0274. The highest BCUT2D eigenvalue weighted by molar-refractivity contribution is 6.31. The minimum Gasteiger partial charge on any atom is -0.336 e. The first-order chi connectivity index (χ1) is 17.7. The van der Waals surface area contributed by atoms with Crippen LogP contribution in [0.3, 0.4) is 0 Å². The molecule has 7 nitrogen and oxygen atoms in total. The molecule has 2 heterocycles. The van der Waals surface area contributed by atoms with Gasteiger partial charge < -0.3 is 14.8 Å². The number of aromatic nitrogens is 2. The van der Waals surface area contributed by atoms with E-state index in [2.05, 4.69) is 10.3 Å². The first kappa shape index (κ1) is 27.2. The number of imidazole rings is 1. The van der Waals surface area contributed by atoms with Crippen molar-refractivity contribution < 1.29 is 36.3 Å². The summed E-state index contributed by atoms with van der Waals surface area (Å²) in [4.78, 5) is 44.0. The maximum atomic E-state index is 14.1. The highest BCUT2D eigenvalue weighted by atomic mass is 35.5. The quantitative estimate of drug-likeness (QED) is 0.425. The number of alkyl halides is 3. The number of likely N-dealkylation sites (N-methyl/N-ethyl adjacent to an activating group) is 1. The van der Waals surface area contributed by atoms with Gasteiger partial charge in [0.1, 0.15) is 17.7 Å². The van der Waals surface area contributed by atoms with Gasteiger partial charge in [-0.25, -0.2) is 13.8 Å². The molecule has 200 valence electrons. The number of carbonyl (C=O) groups excluding carboxylic acids is 3. The third kappa shape index (κ3) is 5.00. The second-order valence-electron chi connectivity index (χ2n) is 8.92. The van der Waals surface area contributed by atoms with Gasteiger partial charge in [0, 0.05) is 30.1 Å². The van der Waals surface area contributed by atoms with E-state index in [9.17, 15) is 36.3 Å². The zero-order valence-corrected chi connectivity index (χ0v) is 20.9. The predicted molar refractivity (Wildman–Crippen MR) is 127 cm³/mol. The third-order valence-electron chi connectivity index (χ3n) is 6.27. The Hall–Kier alpha value is -3.80. The van der Waals surface area contributed by atoms with Crippen LogP contribution in [-0.4, -0.2) is 45.6 Å². The van der Waals surface area contributed by atoms with E-state index >= 15 is 0 Å². The van der Waals surface area contributed by atoms with E-state index in [1.807, 2.05) is 0 Å². The number of carbonyl (C=O) groups is 3. The molecule has 0 fully saturated rings. The van der Waals surface area contributed by atoms with Gasteiger partial charge in [-0.05, 0) is 48.9 Å². The number of amides is 2. The fourth-order valence-electron chi connectivity index (χ4n) is 4.38. The zero-order valence-electron chi connectivity index (χ0n) is 20.2. The number of fused-ring (bicyclic) bond motifs is 1. The molecule has 0 spiro atoms. The lowest BCUT2D eigenvalue weighted by molar-refractivity contribution is -0.137. The average Bonchev–Trinajstić information content (AvgIpc) is 3.20. The van der Waals surface area contributed by atoms with Crippen molar-refractivity contribution in [2.45, 2.75) is 32.0 Å². The Balaban J connectivity index is 1.89. The second kappa shape index (κ2) is 9.82. The number of hydrogen-bond donors (Lipinski definition) is 1. The van der Waals surface area contributed by atoms with Crippen LogP contribution in [-0.2, 0) is 11.0 Å². The summed E-state index contributed by atoms with van der Waals surface area (Å²) < 4.78 is 69.0. The van der Waals surface area contributed by atoms with Crippen molar-refractivity contribution >= 4 is 35.0 Å². The molecule has 1 aliphatic rings. The Morgan fingerprint density at radius 3 is 2.45 bits per heavy atom. The summed E-state index contributed by atoms with van der Waals surface area (Å²) in [5.74, 6) is -5.35. The molecular formula is C25H20ClF5N4O3. The van der Waals surface area contributed by atoms with Crippen LogP contribution in [0, 0.1) is 11.6 Å². The van der Waals surface area contributed by atoms with Crippen molar-refractivity contribution in [2.75, 3.05) is 18.9 Å². The van der Waals surface area contributed by atoms with E-state index in [0.717, 1.165) is 12.1 Å². The van der Waals surface area contributed by atoms with Gasteiger partial charge in [0.2, 0.25) is 5.82 Å². The van der Waals surface area contributed by atoms with Crippen LogP contribution in [0.5, 0.6) is 0 Å². The minimum atomic E-state index is -4.91. The molecule has 0 saturated heterocycles. The topological polar surface area (TPSA) is 84.3 Å². The lowest BCUT2D eigenvalue weighted by atomic mass is 9.95. The number of rotatable bonds is 5. The molecule has 0 saturated carbocycles. The van der Waals surface area contributed by atoms with Crippen LogP contribution in [0.4, 0.5) is 27.8 Å². The molecule has 0 aliphatic carbocycles. The molecule has 1 aromatic heterocycles. The van der Waals surface area contributed by atoms with Gasteiger partial charge >= 0.3 is 6.18 Å². The van der Waals surface area contributed by atoms with Gasteiger partial charge in [-0.15, -0.1) is 0 Å². The first-order valence-corrected chi connectivity index (χ1v) is 11.6. The Morgan fingerprint density at radius 1 is 1.13 bits per heavy atom. The smallest absolute Gasteiger partial charge is 0.336 e. The SMILES string of the molecule is CC(=O)C1CN(C)C(=O)c2nc(NC(=O)c3cc(F)cc(C(F)(F)F)c3)c([C@@H](C)c3cc(F)ccc3Cl)n21. The van der Waals surface area contributed by atoms with Gasteiger partial charge in [-0.3, -0.25) is 14.4 Å². The maximum absolute atomic E-state index is 14.1. The molecule has 2 amide bonds. The van der Waals surface area contributed by atoms with Crippen LogP contribution in [0.25, 0.3) is 0 Å². The Labute approximate surface area is 218 Å².